The van der Waals surface area contributed by atoms with E-state index in [0.717, 1.165) is 22.7 Å². The number of para-hydroxylation sites is 2. The highest BCUT2D eigenvalue weighted by Gasteiger charge is 2.17. The van der Waals surface area contributed by atoms with Gasteiger partial charge in [-0.3, -0.25) is 4.72 Å². The highest BCUT2D eigenvalue weighted by Crippen LogP contribution is 2.27. The number of aromatic nitrogens is 1. The van der Waals surface area contributed by atoms with Crippen LogP contribution in [-0.4, -0.2) is 20.0 Å². The van der Waals surface area contributed by atoms with Crippen LogP contribution in [0.4, 0.5) is 17.2 Å². The summed E-state index contributed by atoms with van der Waals surface area (Å²) in [5.74, 6) is 0.994. The van der Waals surface area contributed by atoms with Crippen molar-refractivity contribution < 1.29 is 13.2 Å². The Hall–Kier alpha value is -3.06. The second kappa shape index (κ2) is 8.31. The maximum absolute atomic E-state index is 12.6. The Balaban J connectivity index is 1.76. The number of rotatable bonds is 7. The number of anilines is 3. The van der Waals surface area contributed by atoms with Crippen molar-refractivity contribution in [2.75, 3.05) is 16.6 Å². The Bertz CT molecular complexity index is 1060. The van der Waals surface area contributed by atoms with Gasteiger partial charge in [-0.1, -0.05) is 29.8 Å². The third kappa shape index (κ3) is 4.61. The van der Waals surface area contributed by atoms with Gasteiger partial charge in [0.15, 0.2) is 0 Å². The molecular weight excluding hydrogens is 374 g/mol. The lowest BCUT2D eigenvalue weighted by Crippen LogP contribution is -2.15. The van der Waals surface area contributed by atoms with Crippen molar-refractivity contribution in [2.45, 2.75) is 25.7 Å². The molecule has 3 rings (SSSR count). The van der Waals surface area contributed by atoms with E-state index in [1.54, 1.807) is 37.4 Å². The Kier molecular flexibility index (Phi) is 5.84. The van der Waals surface area contributed by atoms with Crippen molar-refractivity contribution in [1.29, 1.82) is 0 Å². The molecule has 0 unspecified atom stereocenters. The molecule has 3 aromatic rings. The minimum absolute atomic E-state index is 0.243. The number of hydrogen-bond donors (Lipinski definition) is 2. The van der Waals surface area contributed by atoms with Crippen molar-refractivity contribution in [3.8, 4) is 5.75 Å². The summed E-state index contributed by atoms with van der Waals surface area (Å²) >= 11 is 0. The van der Waals surface area contributed by atoms with Crippen LogP contribution in [0.15, 0.2) is 65.7 Å². The zero-order chi connectivity index (χ0) is 20.1. The molecule has 0 bridgehead atoms. The molecule has 28 heavy (non-hydrogen) atoms. The summed E-state index contributed by atoms with van der Waals surface area (Å²) in [5.41, 5.74) is 3.24. The molecule has 6 nitrogen and oxygen atoms in total. The van der Waals surface area contributed by atoms with Crippen molar-refractivity contribution >= 4 is 27.2 Å². The highest BCUT2D eigenvalue weighted by atomic mass is 32.2. The van der Waals surface area contributed by atoms with Crippen LogP contribution in [0.25, 0.3) is 0 Å². The van der Waals surface area contributed by atoms with Crippen LogP contribution in [0, 0.1) is 13.8 Å². The Morgan fingerprint density at radius 1 is 1.04 bits per heavy atom. The van der Waals surface area contributed by atoms with Crippen LogP contribution >= 0.6 is 0 Å². The van der Waals surface area contributed by atoms with Crippen LogP contribution in [0.5, 0.6) is 5.75 Å². The van der Waals surface area contributed by atoms with Gasteiger partial charge < -0.3 is 10.1 Å². The summed E-state index contributed by atoms with van der Waals surface area (Å²) in [7, 11) is -3.70. The molecule has 1 aromatic heterocycles. The average Bonchev–Trinajstić information content (AvgIpc) is 2.64. The second-order valence-corrected chi connectivity index (χ2v) is 8.01. The largest absolute Gasteiger partial charge is 0.492 e. The molecule has 2 aromatic carbocycles. The number of aryl methyl sites for hydroxylation is 2. The van der Waals surface area contributed by atoms with E-state index in [4.69, 9.17) is 4.74 Å². The SMILES string of the molecule is CCOc1ccccc1Nc1ccc(NS(=O)(=O)c2ccc(C)cc2C)nc1. The molecule has 0 atom stereocenters. The summed E-state index contributed by atoms with van der Waals surface area (Å²) in [6, 6.07) is 16.2. The first-order valence-corrected chi connectivity index (χ1v) is 10.4. The van der Waals surface area contributed by atoms with E-state index in [0.29, 0.717) is 12.2 Å². The van der Waals surface area contributed by atoms with Crippen LogP contribution < -0.4 is 14.8 Å². The summed E-state index contributed by atoms with van der Waals surface area (Å²) in [6.45, 7) is 6.19. The minimum atomic E-state index is -3.70. The molecule has 1 heterocycles. The number of pyridine rings is 1. The van der Waals surface area contributed by atoms with E-state index in [1.807, 2.05) is 44.2 Å². The summed E-state index contributed by atoms with van der Waals surface area (Å²) < 4.78 is 33.4. The second-order valence-electron chi connectivity index (χ2n) is 6.36. The van der Waals surface area contributed by atoms with Crippen LogP contribution in [0.2, 0.25) is 0 Å². The molecule has 7 heteroatoms. The first kappa shape index (κ1) is 19.7. The number of benzene rings is 2. The van der Waals surface area contributed by atoms with E-state index in [9.17, 15) is 8.42 Å². The zero-order valence-corrected chi connectivity index (χ0v) is 16.9. The molecule has 0 radical (unpaired) electrons. The van der Waals surface area contributed by atoms with E-state index < -0.39 is 10.0 Å². The lowest BCUT2D eigenvalue weighted by atomic mass is 10.2. The normalized spacial score (nSPS) is 11.1. The van der Waals surface area contributed by atoms with Gasteiger partial charge in [0.25, 0.3) is 10.0 Å². The molecule has 146 valence electrons. The molecule has 0 aliphatic rings. The molecule has 2 N–H and O–H groups in total. The summed E-state index contributed by atoms with van der Waals surface area (Å²) in [4.78, 5) is 4.46. The lowest BCUT2D eigenvalue weighted by Gasteiger charge is -2.13. The van der Waals surface area contributed by atoms with Gasteiger partial charge >= 0.3 is 0 Å². The minimum Gasteiger partial charge on any atom is -0.492 e. The fourth-order valence-electron chi connectivity index (χ4n) is 2.83. The average molecular weight is 398 g/mol. The van der Waals surface area contributed by atoms with Gasteiger partial charge in [0.2, 0.25) is 0 Å². The molecule has 0 aliphatic heterocycles. The smallest absolute Gasteiger partial charge is 0.263 e. The topological polar surface area (TPSA) is 80.3 Å². The molecule has 0 saturated carbocycles. The molecule has 0 fully saturated rings. The van der Waals surface area contributed by atoms with Gasteiger partial charge in [-0.15, -0.1) is 0 Å². The van der Waals surface area contributed by atoms with Crippen molar-refractivity contribution in [2.24, 2.45) is 0 Å². The fraction of sp³-hybridized carbons (Fsp3) is 0.190. The van der Waals surface area contributed by atoms with E-state index in [-0.39, 0.29) is 10.7 Å². The van der Waals surface area contributed by atoms with Gasteiger partial charge in [0.05, 0.1) is 29.1 Å². The number of hydrogen-bond acceptors (Lipinski definition) is 5. The highest BCUT2D eigenvalue weighted by molar-refractivity contribution is 7.92. The molecule has 0 aliphatic carbocycles. The molecule has 0 saturated heterocycles. The van der Waals surface area contributed by atoms with E-state index in [2.05, 4.69) is 15.0 Å². The van der Waals surface area contributed by atoms with Crippen molar-refractivity contribution in [3.63, 3.8) is 0 Å². The van der Waals surface area contributed by atoms with E-state index >= 15 is 0 Å². The van der Waals surface area contributed by atoms with Crippen LogP contribution in [-0.2, 0) is 10.0 Å². The monoisotopic (exact) mass is 397 g/mol. The third-order valence-corrected chi connectivity index (χ3v) is 5.60. The van der Waals surface area contributed by atoms with E-state index in [1.165, 1.54) is 0 Å². The van der Waals surface area contributed by atoms with Crippen molar-refractivity contribution in [1.82, 2.24) is 4.98 Å². The Morgan fingerprint density at radius 3 is 2.50 bits per heavy atom. The van der Waals surface area contributed by atoms with Crippen molar-refractivity contribution in [3.05, 3.63) is 71.9 Å². The maximum Gasteiger partial charge on any atom is 0.263 e. The summed E-state index contributed by atoms with van der Waals surface area (Å²) in [6.07, 6.45) is 1.57. The Morgan fingerprint density at radius 2 is 1.82 bits per heavy atom. The van der Waals surface area contributed by atoms with Gasteiger partial charge in [0.1, 0.15) is 11.6 Å². The Labute approximate surface area is 165 Å². The number of nitrogens with one attached hydrogen (secondary N) is 2. The predicted molar refractivity (Wildman–Crippen MR) is 112 cm³/mol. The standard InChI is InChI=1S/C21H23N3O3S/c1-4-27-19-8-6-5-7-18(19)23-17-10-12-21(22-14-17)24-28(25,26)20-11-9-15(2)13-16(20)3/h5-14,23H,4H2,1-3H3,(H,22,24). The quantitative estimate of drug-likeness (QED) is 0.607. The lowest BCUT2D eigenvalue weighted by molar-refractivity contribution is 0.342. The number of sulfonamides is 1. The first-order valence-electron chi connectivity index (χ1n) is 8.94. The maximum atomic E-state index is 12.6. The number of nitrogens with zero attached hydrogens (tertiary/aromatic N) is 1. The van der Waals surface area contributed by atoms with Gasteiger partial charge in [-0.25, -0.2) is 13.4 Å². The predicted octanol–water partition coefficient (Wildman–Crippen LogP) is 4.64. The first-order chi connectivity index (χ1) is 13.4. The number of ether oxygens (including phenoxy) is 1. The summed E-state index contributed by atoms with van der Waals surface area (Å²) in [5, 5.41) is 3.23. The molecule has 0 amide bonds. The fourth-order valence-corrected chi connectivity index (χ4v) is 4.06. The zero-order valence-electron chi connectivity index (χ0n) is 16.1. The molecular formula is C21H23N3O3S. The van der Waals surface area contributed by atoms with Crippen LogP contribution in [0.3, 0.4) is 0 Å². The van der Waals surface area contributed by atoms with Gasteiger partial charge in [-0.05, 0) is 56.7 Å². The van der Waals surface area contributed by atoms with Gasteiger partial charge in [-0.2, -0.15) is 0 Å². The van der Waals surface area contributed by atoms with Crippen LogP contribution in [0.1, 0.15) is 18.1 Å². The van der Waals surface area contributed by atoms with Gasteiger partial charge in [0, 0.05) is 0 Å². The molecule has 0 spiro atoms. The third-order valence-electron chi connectivity index (χ3n) is 4.09.